The number of ether oxygens (including phenoxy) is 3. The number of anilines is 1. The third-order valence-electron chi connectivity index (χ3n) is 5.29. The number of esters is 1. The molecule has 7 nitrogen and oxygen atoms in total. The molecule has 3 rings (SSSR count). The van der Waals surface area contributed by atoms with Crippen LogP contribution in [0.3, 0.4) is 0 Å². The molecule has 2 aromatic carbocycles. The Morgan fingerprint density at radius 3 is 2.42 bits per heavy atom. The highest BCUT2D eigenvalue weighted by atomic mass is 35.5. The topological polar surface area (TPSA) is 97.7 Å². The molecule has 1 amide bonds. The summed E-state index contributed by atoms with van der Waals surface area (Å²) in [5.74, 6) is 0.0144. The summed E-state index contributed by atoms with van der Waals surface area (Å²) in [6.07, 6.45) is 1.46. The third-order valence-corrected chi connectivity index (χ3v) is 6.90. The van der Waals surface area contributed by atoms with E-state index in [1.165, 1.54) is 17.4 Å². The molecule has 0 aliphatic heterocycles. The van der Waals surface area contributed by atoms with E-state index >= 15 is 0 Å². The minimum atomic E-state index is -0.628. The summed E-state index contributed by atoms with van der Waals surface area (Å²) in [6, 6.07) is 16.2. The smallest absolute Gasteiger partial charge is 0.341 e. The second-order valence-corrected chi connectivity index (χ2v) is 9.97. The summed E-state index contributed by atoms with van der Waals surface area (Å²) in [5, 5.41) is 13.4. The number of thiophene rings is 1. The van der Waals surface area contributed by atoms with Crippen molar-refractivity contribution in [3.63, 3.8) is 0 Å². The van der Waals surface area contributed by atoms with Gasteiger partial charge in [0, 0.05) is 9.90 Å². The Labute approximate surface area is 231 Å². The van der Waals surface area contributed by atoms with Gasteiger partial charge in [-0.2, -0.15) is 5.26 Å². The quantitative estimate of drug-likeness (QED) is 0.153. The molecule has 3 aromatic rings. The SMILES string of the molecule is CCOC(=O)c1cc(C(C)C)sc1NC(=O)C(C#N)=Cc1ccc(OCc2ccc(Cl)cc2)c(OCC)c1. The molecule has 0 fully saturated rings. The van der Waals surface area contributed by atoms with Gasteiger partial charge in [0.05, 0.1) is 18.8 Å². The summed E-state index contributed by atoms with van der Waals surface area (Å²) in [7, 11) is 0. The number of rotatable bonds is 11. The number of nitriles is 1. The van der Waals surface area contributed by atoms with Gasteiger partial charge in [-0.05, 0) is 67.3 Å². The highest BCUT2D eigenvalue weighted by Crippen LogP contribution is 2.34. The Hall–Kier alpha value is -3.80. The number of hydrogen-bond donors (Lipinski definition) is 1. The average molecular weight is 553 g/mol. The Morgan fingerprint density at radius 2 is 1.79 bits per heavy atom. The van der Waals surface area contributed by atoms with E-state index in [9.17, 15) is 14.9 Å². The van der Waals surface area contributed by atoms with Gasteiger partial charge in [-0.15, -0.1) is 11.3 Å². The van der Waals surface area contributed by atoms with E-state index in [4.69, 9.17) is 25.8 Å². The summed E-state index contributed by atoms with van der Waals surface area (Å²) >= 11 is 7.23. The van der Waals surface area contributed by atoms with Crippen LogP contribution >= 0.6 is 22.9 Å². The van der Waals surface area contributed by atoms with E-state index < -0.39 is 11.9 Å². The molecule has 38 heavy (non-hydrogen) atoms. The highest BCUT2D eigenvalue weighted by molar-refractivity contribution is 7.16. The van der Waals surface area contributed by atoms with Gasteiger partial charge >= 0.3 is 5.97 Å². The first kappa shape index (κ1) is 28.8. The number of amides is 1. The minimum Gasteiger partial charge on any atom is -0.490 e. The van der Waals surface area contributed by atoms with Crippen LogP contribution in [0.25, 0.3) is 6.08 Å². The Bertz CT molecular complexity index is 1360. The van der Waals surface area contributed by atoms with Crippen molar-refractivity contribution in [1.29, 1.82) is 5.26 Å². The summed E-state index contributed by atoms with van der Waals surface area (Å²) < 4.78 is 16.8. The van der Waals surface area contributed by atoms with E-state index in [0.717, 1.165) is 10.4 Å². The van der Waals surface area contributed by atoms with Crippen LogP contribution < -0.4 is 14.8 Å². The van der Waals surface area contributed by atoms with Crippen LogP contribution in [0.1, 0.15) is 60.0 Å². The van der Waals surface area contributed by atoms with E-state index in [-0.39, 0.29) is 23.7 Å². The molecule has 1 aromatic heterocycles. The van der Waals surface area contributed by atoms with Crippen molar-refractivity contribution < 1.29 is 23.8 Å². The summed E-state index contributed by atoms with van der Waals surface area (Å²) in [6.45, 7) is 8.49. The maximum absolute atomic E-state index is 13.0. The largest absolute Gasteiger partial charge is 0.490 e. The molecule has 0 aliphatic rings. The lowest BCUT2D eigenvalue weighted by Gasteiger charge is -2.13. The van der Waals surface area contributed by atoms with Gasteiger partial charge in [0.15, 0.2) is 11.5 Å². The maximum Gasteiger partial charge on any atom is 0.341 e. The molecular weight excluding hydrogens is 524 g/mol. The van der Waals surface area contributed by atoms with Crippen molar-refractivity contribution in [2.75, 3.05) is 18.5 Å². The Kier molecular flexibility index (Phi) is 10.3. The Morgan fingerprint density at radius 1 is 1.05 bits per heavy atom. The van der Waals surface area contributed by atoms with Crippen LogP contribution in [-0.4, -0.2) is 25.1 Å². The van der Waals surface area contributed by atoms with Gasteiger partial charge in [0.2, 0.25) is 0 Å². The first-order valence-electron chi connectivity index (χ1n) is 12.1. The number of nitrogens with one attached hydrogen (secondary N) is 1. The van der Waals surface area contributed by atoms with Crippen molar-refractivity contribution >= 4 is 45.9 Å². The standard InChI is InChI=1S/C29H29ClN2O5S/c1-5-35-25-14-20(9-12-24(25)37-17-19-7-10-22(30)11-8-19)13-21(16-31)27(33)32-28-23(29(34)36-6-2)15-26(38-28)18(3)4/h7-15,18H,5-6,17H2,1-4H3,(H,32,33). The summed E-state index contributed by atoms with van der Waals surface area (Å²) in [5.41, 5.74) is 1.67. The van der Waals surface area contributed by atoms with Crippen molar-refractivity contribution in [3.05, 3.63) is 80.7 Å². The molecule has 1 heterocycles. The lowest BCUT2D eigenvalue weighted by Crippen LogP contribution is -2.15. The zero-order valence-corrected chi connectivity index (χ0v) is 23.2. The van der Waals surface area contributed by atoms with Gasteiger partial charge in [-0.25, -0.2) is 4.79 Å². The molecule has 198 valence electrons. The highest BCUT2D eigenvalue weighted by Gasteiger charge is 2.21. The monoisotopic (exact) mass is 552 g/mol. The minimum absolute atomic E-state index is 0.128. The van der Waals surface area contributed by atoms with Crippen LogP contribution in [0, 0.1) is 11.3 Å². The zero-order valence-electron chi connectivity index (χ0n) is 21.7. The normalized spacial score (nSPS) is 11.1. The molecule has 9 heteroatoms. The molecule has 0 aliphatic carbocycles. The molecule has 0 saturated carbocycles. The maximum atomic E-state index is 13.0. The second-order valence-electron chi connectivity index (χ2n) is 8.45. The van der Waals surface area contributed by atoms with Crippen molar-refractivity contribution in [2.45, 2.75) is 40.2 Å². The lowest BCUT2D eigenvalue weighted by atomic mass is 10.1. The second kappa shape index (κ2) is 13.7. The van der Waals surface area contributed by atoms with Crippen molar-refractivity contribution in [2.24, 2.45) is 0 Å². The fraction of sp³-hybridized carbons (Fsp3) is 0.276. The molecule has 1 N–H and O–H groups in total. The molecule has 0 atom stereocenters. The number of carbonyl (C=O) groups is 2. The number of benzene rings is 2. The molecule has 0 saturated heterocycles. The zero-order chi connectivity index (χ0) is 27.7. The van der Waals surface area contributed by atoms with Gasteiger partial charge in [-0.1, -0.05) is 43.6 Å². The first-order valence-corrected chi connectivity index (χ1v) is 13.3. The van der Waals surface area contributed by atoms with Gasteiger partial charge in [-0.3, -0.25) is 4.79 Å². The van der Waals surface area contributed by atoms with Crippen molar-refractivity contribution in [1.82, 2.24) is 0 Å². The van der Waals surface area contributed by atoms with Crippen LogP contribution in [0.15, 0.2) is 54.1 Å². The number of halogens is 1. The van der Waals surface area contributed by atoms with Crippen LogP contribution in [0.4, 0.5) is 5.00 Å². The van der Waals surface area contributed by atoms with E-state index in [1.54, 1.807) is 43.3 Å². The molecule has 0 unspecified atom stereocenters. The Balaban J connectivity index is 1.82. The first-order chi connectivity index (χ1) is 18.2. The van der Waals surface area contributed by atoms with E-state index in [2.05, 4.69) is 5.32 Å². The predicted octanol–water partition coefficient (Wildman–Crippen LogP) is 7.22. The molecular formula is C29H29ClN2O5S. The van der Waals surface area contributed by atoms with Crippen LogP contribution in [0.5, 0.6) is 11.5 Å². The molecule has 0 spiro atoms. The van der Waals surface area contributed by atoms with Crippen LogP contribution in [0.2, 0.25) is 5.02 Å². The van der Waals surface area contributed by atoms with Crippen molar-refractivity contribution in [3.8, 4) is 17.6 Å². The third kappa shape index (κ3) is 7.60. The fourth-order valence-corrected chi connectivity index (χ4v) is 4.55. The van der Waals surface area contributed by atoms with E-state index in [0.29, 0.717) is 40.3 Å². The summed E-state index contributed by atoms with van der Waals surface area (Å²) in [4.78, 5) is 26.4. The van der Waals surface area contributed by atoms with Crippen LogP contribution in [-0.2, 0) is 16.1 Å². The lowest BCUT2D eigenvalue weighted by molar-refractivity contribution is -0.112. The molecule has 0 bridgehead atoms. The van der Waals surface area contributed by atoms with Gasteiger partial charge in [0.1, 0.15) is 23.3 Å². The number of carbonyl (C=O) groups excluding carboxylic acids is 2. The molecule has 0 radical (unpaired) electrons. The van der Waals surface area contributed by atoms with Gasteiger partial charge in [0.25, 0.3) is 5.91 Å². The average Bonchev–Trinajstić information content (AvgIpc) is 3.32. The van der Waals surface area contributed by atoms with E-state index in [1.807, 2.05) is 39.0 Å². The number of hydrogen-bond acceptors (Lipinski definition) is 7. The predicted molar refractivity (Wildman–Crippen MR) is 150 cm³/mol. The number of nitrogens with zero attached hydrogens (tertiary/aromatic N) is 1. The van der Waals surface area contributed by atoms with Gasteiger partial charge < -0.3 is 19.5 Å². The fourth-order valence-electron chi connectivity index (χ4n) is 3.38.